The zero-order valence-electron chi connectivity index (χ0n) is 13.6. The van der Waals surface area contributed by atoms with Crippen molar-refractivity contribution in [2.75, 3.05) is 0 Å². The number of hydrogen-bond donors (Lipinski definition) is 2. The van der Waals surface area contributed by atoms with Crippen molar-refractivity contribution in [1.82, 2.24) is 5.32 Å². The van der Waals surface area contributed by atoms with Crippen LogP contribution in [0.1, 0.15) is 19.4 Å². The minimum absolute atomic E-state index is 0.0361. The summed E-state index contributed by atoms with van der Waals surface area (Å²) in [5.74, 6) is -1.55. The Kier molecular flexibility index (Phi) is 5.52. The molecule has 0 fully saturated rings. The highest BCUT2D eigenvalue weighted by Gasteiger charge is 2.27. The highest BCUT2D eigenvalue weighted by Crippen LogP contribution is 2.19. The predicted molar refractivity (Wildman–Crippen MR) is 90.1 cm³/mol. The Balaban J connectivity index is 2.13. The largest absolute Gasteiger partial charge is 0.452 e. The first kappa shape index (κ1) is 17.5. The van der Waals surface area contributed by atoms with Crippen LogP contribution in [-0.2, 0) is 20.7 Å². The second kappa shape index (κ2) is 7.59. The van der Waals surface area contributed by atoms with Crippen molar-refractivity contribution in [3.63, 3.8) is 0 Å². The molecule has 6 heteroatoms. The molecule has 0 bridgehead atoms. The second-order valence-corrected chi connectivity index (χ2v) is 5.82. The molecule has 0 aliphatic carbocycles. The third kappa shape index (κ3) is 4.32. The van der Waals surface area contributed by atoms with E-state index in [-0.39, 0.29) is 12.3 Å². The summed E-state index contributed by atoms with van der Waals surface area (Å²) in [6.45, 7) is 3.44. The standard InChI is InChI=1S/C18H20N2O4/c1-11(2)16(17(22)20-18(19)23)24-15(21)10-13-8-5-7-12-6-3-4-9-14(12)13/h3-9,11,16H,10H2,1-2H3,(H3,19,20,22,23). The number of fused-ring (bicyclic) bond motifs is 1. The van der Waals surface area contributed by atoms with Crippen molar-refractivity contribution in [3.8, 4) is 0 Å². The molecule has 126 valence electrons. The number of nitrogens with one attached hydrogen (secondary N) is 1. The van der Waals surface area contributed by atoms with E-state index in [9.17, 15) is 14.4 Å². The summed E-state index contributed by atoms with van der Waals surface area (Å²) >= 11 is 0. The van der Waals surface area contributed by atoms with Crippen LogP contribution in [0.25, 0.3) is 10.8 Å². The first-order valence-electron chi connectivity index (χ1n) is 7.65. The van der Waals surface area contributed by atoms with Gasteiger partial charge in [-0.15, -0.1) is 0 Å². The summed E-state index contributed by atoms with van der Waals surface area (Å²) in [6.07, 6.45) is -1.03. The number of carbonyl (C=O) groups is 3. The van der Waals surface area contributed by atoms with Gasteiger partial charge < -0.3 is 10.5 Å². The fourth-order valence-electron chi connectivity index (χ4n) is 2.47. The summed E-state index contributed by atoms with van der Waals surface area (Å²) in [6, 6.07) is 12.4. The molecular formula is C18H20N2O4. The molecule has 0 heterocycles. The molecule has 2 aromatic carbocycles. The Morgan fingerprint density at radius 2 is 1.75 bits per heavy atom. The average Bonchev–Trinajstić information content (AvgIpc) is 2.52. The number of carbonyl (C=O) groups excluding carboxylic acids is 3. The van der Waals surface area contributed by atoms with Gasteiger partial charge in [0.15, 0.2) is 6.10 Å². The summed E-state index contributed by atoms with van der Waals surface area (Å²) in [7, 11) is 0. The van der Waals surface area contributed by atoms with Gasteiger partial charge in [0.2, 0.25) is 0 Å². The Bertz CT molecular complexity index is 765. The minimum atomic E-state index is -1.07. The zero-order chi connectivity index (χ0) is 17.7. The van der Waals surface area contributed by atoms with E-state index in [1.165, 1.54) is 0 Å². The van der Waals surface area contributed by atoms with Crippen molar-refractivity contribution in [3.05, 3.63) is 48.0 Å². The lowest BCUT2D eigenvalue weighted by Crippen LogP contribution is -2.45. The van der Waals surface area contributed by atoms with Crippen molar-refractivity contribution in [2.45, 2.75) is 26.4 Å². The topological polar surface area (TPSA) is 98.5 Å². The van der Waals surface area contributed by atoms with Gasteiger partial charge in [0.1, 0.15) is 0 Å². The maximum absolute atomic E-state index is 12.2. The quantitative estimate of drug-likeness (QED) is 0.822. The van der Waals surface area contributed by atoms with E-state index in [0.717, 1.165) is 16.3 Å². The van der Waals surface area contributed by atoms with E-state index >= 15 is 0 Å². The van der Waals surface area contributed by atoms with Crippen LogP contribution in [0.4, 0.5) is 4.79 Å². The minimum Gasteiger partial charge on any atom is -0.452 e. The maximum Gasteiger partial charge on any atom is 0.318 e. The van der Waals surface area contributed by atoms with Crippen LogP contribution in [-0.4, -0.2) is 24.0 Å². The van der Waals surface area contributed by atoms with Gasteiger partial charge in [-0.05, 0) is 22.3 Å². The first-order valence-corrected chi connectivity index (χ1v) is 7.65. The van der Waals surface area contributed by atoms with E-state index in [2.05, 4.69) is 0 Å². The van der Waals surface area contributed by atoms with Crippen molar-refractivity contribution in [1.29, 1.82) is 0 Å². The predicted octanol–water partition coefficient (Wildman–Crippen LogP) is 2.15. The number of nitrogens with two attached hydrogens (primary N) is 1. The van der Waals surface area contributed by atoms with E-state index in [1.807, 2.05) is 47.8 Å². The van der Waals surface area contributed by atoms with Gasteiger partial charge in [0.25, 0.3) is 5.91 Å². The molecule has 0 saturated heterocycles. The van der Waals surface area contributed by atoms with E-state index in [1.54, 1.807) is 13.8 Å². The fourth-order valence-corrected chi connectivity index (χ4v) is 2.47. The number of amides is 3. The molecule has 1 unspecified atom stereocenters. The molecule has 2 rings (SSSR count). The lowest BCUT2D eigenvalue weighted by atomic mass is 10.0. The molecule has 0 spiro atoms. The van der Waals surface area contributed by atoms with Crippen LogP contribution < -0.4 is 11.1 Å². The molecule has 2 aromatic rings. The van der Waals surface area contributed by atoms with Crippen molar-refractivity contribution in [2.24, 2.45) is 11.7 Å². The monoisotopic (exact) mass is 328 g/mol. The summed E-state index contributed by atoms with van der Waals surface area (Å²) in [4.78, 5) is 35.0. The Morgan fingerprint density at radius 1 is 1.08 bits per heavy atom. The molecule has 1 atom stereocenters. The van der Waals surface area contributed by atoms with E-state index in [0.29, 0.717) is 0 Å². The van der Waals surface area contributed by atoms with Gasteiger partial charge in [-0.2, -0.15) is 0 Å². The SMILES string of the molecule is CC(C)C(OC(=O)Cc1cccc2ccccc12)C(=O)NC(N)=O. The van der Waals surface area contributed by atoms with E-state index < -0.39 is 24.0 Å². The van der Waals surface area contributed by atoms with Crippen LogP contribution in [0.2, 0.25) is 0 Å². The van der Waals surface area contributed by atoms with Crippen molar-refractivity contribution < 1.29 is 19.1 Å². The summed E-state index contributed by atoms with van der Waals surface area (Å²) in [5.41, 5.74) is 5.75. The van der Waals surface area contributed by atoms with E-state index in [4.69, 9.17) is 10.5 Å². The highest BCUT2D eigenvalue weighted by atomic mass is 16.5. The molecule has 0 aromatic heterocycles. The number of ether oxygens (including phenoxy) is 1. The molecule has 0 saturated carbocycles. The Labute approximate surface area is 140 Å². The molecule has 3 amide bonds. The van der Waals surface area contributed by atoms with Crippen LogP contribution >= 0.6 is 0 Å². The number of primary amides is 1. The molecule has 3 N–H and O–H groups in total. The van der Waals surface area contributed by atoms with Gasteiger partial charge in [0.05, 0.1) is 6.42 Å². The number of urea groups is 1. The van der Waals surface area contributed by atoms with Crippen LogP contribution in [0, 0.1) is 5.92 Å². The molecule has 24 heavy (non-hydrogen) atoms. The van der Waals surface area contributed by atoms with Crippen LogP contribution in [0.5, 0.6) is 0 Å². The number of hydrogen-bond acceptors (Lipinski definition) is 4. The smallest absolute Gasteiger partial charge is 0.318 e. The number of rotatable bonds is 5. The second-order valence-electron chi connectivity index (χ2n) is 5.82. The number of esters is 1. The average molecular weight is 328 g/mol. The zero-order valence-corrected chi connectivity index (χ0v) is 13.6. The van der Waals surface area contributed by atoms with Crippen LogP contribution in [0.15, 0.2) is 42.5 Å². The molecule has 0 aliphatic rings. The van der Waals surface area contributed by atoms with Gasteiger partial charge in [0, 0.05) is 0 Å². The highest BCUT2D eigenvalue weighted by molar-refractivity contribution is 5.97. The van der Waals surface area contributed by atoms with Gasteiger partial charge in [-0.3, -0.25) is 14.9 Å². The van der Waals surface area contributed by atoms with Crippen molar-refractivity contribution >= 4 is 28.7 Å². The first-order chi connectivity index (χ1) is 11.4. The summed E-state index contributed by atoms with van der Waals surface area (Å²) < 4.78 is 5.27. The normalized spacial score (nSPS) is 12.0. The number of benzene rings is 2. The third-order valence-electron chi connectivity index (χ3n) is 3.58. The third-order valence-corrected chi connectivity index (χ3v) is 3.58. The maximum atomic E-state index is 12.2. The Morgan fingerprint density at radius 3 is 2.42 bits per heavy atom. The summed E-state index contributed by atoms with van der Waals surface area (Å²) in [5, 5.41) is 3.93. The lowest BCUT2D eigenvalue weighted by molar-refractivity contribution is -0.157. The molecule has 0 radical (unpaired) electrons. The van der Waals surface area contributed by atoms with Gasteiger partial charge in [-0.1, -0.05) is 56.3 Å². The Hall–Kier alpha value is -2.89. The lowest BCUT2D eigenvalue weighted by Gasteiger charge is -2.20. The van der Waals surface area contributed by atoms with Gasteiger partial charge in [-0.25, -0.2) is 4.79 Å². The fraction of sp³-hybridized carbons (Fsp3) is 0.278. The van der Waals surface area contributed by atoms with Gasteiger partial charge >= 0.3 is 12.0 Å². The molecule has 6 nitrogen and oxygen atoms in total. The number of imide groups is 1. The molecule has 0 aliphatic heterocycles. The van der Waals surface area contributed by atoms with Crippen LogP contribution in [0.3, 0.4) is 0 Å². The molecular weight excluding hydrogens is 308 g/mol.